The van der Waals surface area contributed by atoms with Crippen molar-refractivity contribution in [3.05, 3.63) is 0 Å². The summed E-state index contributed by atoms with van der Waals surface area (Å²) >= 11 is 0. The van der Waals surface area contributed by atoms with Crippen LogP contribution in [0.5, 0.6) is 0 Å². The Balaban J connectivity index is 2.10. The summed E-state index contributed by atoms with van der Waals surface area (Å²) in [6.07, 6.45) is 3.51. The SMILES string of the molecule is CCCCOC1CC(C(C)C)CO1. The van der Waals surface area contributed by atoms with Gasteiger partial charge in [0.05, 0.1) is 6.61 Å². The van der Waals surface area contributed by atoms with E-state index in [0.29, 0.717) is 5.92 Å². The van der Waals surface area contributed by atoms with Crippen LogP contribution in [0, 0.1) is 11.8 Å². The maximum absolute atomic E-state index is 5.60. The highest BCUT2D eigenvalue weighted by Gasteiger charge is 2.27. The molecule has 0 spiro atoms. The number of unbranched alkanes of at least 4 members (excludes halogenated alkanes) is 1. The highest BCUT2D eigenvalue weighted by Crippen LogP contribution is 2.26. The third-order valence-electron chi connectivity index (χ3n) is 2.74. The van der Waals surface area contributed by atoms with E-state index in [1.807, 2.05) is 0 Å². The zero-order valence-electron chi connectivity index (χ0n) is 9.08. The second-order valence-electron chi connectivity index (χ2n) is 4.23. The lowest BCUT2D eigenvalue weighted by atomic mass is 9.95. The van der Waals surface area contributed by atoms with E-state index in [4.69, 9.17) is 9.47 Å². The Morgan fingerprint density at radius 3 is 2.77 bits per heavy atom. The van der Waals surface area contributed by atoms with Crippen molar-refractivity contribution in [1.82, 2.24) is 0 Å². The molecular formula is C11H22O2. The van der Waals surface area contributed by atoms with Crippen molar-refractivity contribution in [1.29, 1.82) is 0 Å². The molecule has 1 aliphatic rings. The average Bonchev–Trinajstić information content (AvgIpc) is 2.53. The first-order valence-electron chi connectivity index (χ1n) is 5.47. The Bertz CT molecular complexity index is 134. The van der Waals surface area contributed by atoms with Gasteiger partial charge in [-0.1, -0.05) is 27.2 Å². The van der Waals surface area contributed by atoms with E-state index in [-0.39, 0.29) is 6.29 Å². The molecule has 1 fully saturated rings. The molecule has 0 aromatic heterocycles. The summed E-state index contributed by atoms with van der Waals surface area (Å²) in [4.78, 5) is 0. The van der Waals surface area contributed by atoms with Gasteiger partial charge in [-0.15, -0.1) is 0 Å². The summed E-state index contributed by atoms with van der Waals surface area (Å²) in [6, 6.07) is 0. The summed E-state index contributed by atoms with van der Waals surface area (Å²) < 4.78 is 11.2. The quantitative estimate of drug-likeness (QED) is 0.615. The van der Waals surface area contributed by atoms with Gasteiger partial charge >= 0.3 is 0 Å². The Morgan fingerprint density at radius 1 is 1.46 bits per heavy atom. The molecule has 2 unspecified atom stereocenters. The topological polar surface area (TPSA) is 18.5 Å². The van der Waals surface area contributed by atoms with Crippen LogP contribution in [0.2, 0.25) is 0 Å². The number of rotatable bonds is 5. The van der Waals surface area contributed by atoms with Gasteiger partial charge in [0.2, 0.25) is 0 Å². The fourth-order valence-corrected chi connectivity index (χ4v) is 1.55. The molecule has 0 N–H and O–H groups in total. The van der Waals surface area contributed by atoms with Crippen molar-refractivity contribution in [2.75, 3.05) is 13.2 Å². The fourth-order valence-electron chi connectivity index (χ4n) is 1.55. The van der Waals surface area contributed by atoms with E-state index in [1.165, 1.54) is 6.42 Å². The van der Waals surface area contributed by atoms with Crippen LogP contribution >= 0.6 is 0 Å². The first kappa shape index (κ1) is 11.0. The fraction of sp³-hybridized carbons (Fsp3) is 1.00. The normalized spacial score (nSPS) is 28.6. The standard InChI is InChI=1S/C11H22O2/c1-4-5-6-12-11-7-10(8-13-11)9(2)3/h9-11H,4-8H2,1-3H3. The summed E-state index contributed by atoms with van der Waals surface area (Å²) in [7, 11) is 0. The van der Waals surface area contributed by atoms with Gasteiger partial charge in [0.15, 0.2) is 6.29 Å². The lowest BCUT2D eigenvalue weighted by molar-refractivity contribution is -0.111. The molecule has 0 bridgehead atoms. The van der Waals surface area contributed by atoms with Crippen molar-refractivity contribution in [2.45, 2.75) is 46.3 Å². The Labute approximate surface area is 81.6 Å². The third-order valence-corrected chi connectivity index (χ3v) is 2.74. The van der Waals surface area contributed by atoms with E-state index in [1.54, 1.807) is 0 Å². The predicted octanol–water partition coefficient (Wildman–Crippen LogP) is 2.82. The van der Waals surface area contributed by atoms with Crippen LogP contribution < -0.4 is 0 Å². The van der Waals surface area contributed by atoms with E-state index < -0.39 is 0 Å². The monoisotopic (exact) mass is 186 g/mol. The number of hydrogen-bond donors (Lipinski definition) is 0. The van der Waals surface area contributed by atoms with Gasteiger partial charge < -0.3 is 9.47 Å². The van der Waals surface area contributed by atoms with Gasteiger partial charge in [-0.2, -0.15) is 0 Å². The molecule has 78 valence electrons. The largest absolute Gasteiger partial charge is 0.353 e. The maximum Gasteiger partial charge on any atom is 0.157 e. The van der Waals surface area contributed by atoms with Gasteiger partial charge in [-0.3, -0.25) is 0 Å². The molecule has 0 aromatic carbocycles. The van der Waals surface area contributed by atoms with Crippen molar-refractivity contribution in [3.63, 3.8) is 0 Å². The molecule has 1 saturated heterocycles. The van der Waals surface area contributed by atoms with Crippen molar-refractivity contribution >= 4 is 0 Å². The maximum atomic E-state index is 5.60. The zero-order chi connectivity index (χ0) is 9.68. The molecule has 0 amide bonds. The number of hydrogen-bond acceptors (Lipinski definition) is 2. The number of ether oxygens (including phenoxy) is 2. The lowest BCUT2D eigenvalue weighted by Crippen LogP contribution is -2.12. The summed E-state index contributed by atoms with van der Waals surface area (Å²) in [5, 5.41) is 0. The molecule has 0 radical (unpaired) electrons. The van der Waals surface area contributed by atoms with E-state index in [9.17, 15) is 0 Å². The Hall–Kier alpha value is -0.0800. The van der Waals surface area contributed by atoms with Crippen molar-refractivity contribution < 1.29 is 9.47 Å². The smallest absolute Gasteiger partial charge is 0.157 e. The van der Waals surface area contributed by atoms with Crippen LogP contribution in [0.25, 0.3) is 0 Å². The van der Waals surface area contributed by atoms with Gasteiger partial charge in [0, 0.05) is 13.0 Å². The van der Waals surface area contributed by atoms with E-state index in [2.05, 4.69) is 20.8 Å². The first-order chi connectivity index (χ1) is 6.24. The third kappa shape index (κ3) is 3.65. The van der Waals surface area contributed by atoms with Crippen LogP contribution in [0.3, 0.4) is 0 Å². The zero-order valence-corrected chi connectivity index (χ0v) is 9.08. The summed E-state index contributed by atoms with van der Waals surface area (Å²) in [6.45, 7) is 8.42. The van der Waals surface area contributed by atoms with Crippen LogP contribution in [0.4, 0.5) is 0 Å². The molecule has 0 aliphatic carbocycles. The Morgan fingerprint density at radius 2 is 2.23 bits per heavy atom. The van der Waals surface area contributed by atoms with E-state index >= 15 is 0 Å². The molecule has 13 heavy (non-hydrogen) atoms. The van der Waals surface area contributed by atoms with Gasteiger partial charge in [0.1, 0.15) is 0 Å². The minimum absolute atomic E-state index is 0.0824. The minimum Gasteiger partial charge on any atom is -0.353 e. The van der Waals surface area contributed by atoms with Crippen LogP contribution in [-0.4, -0.2) is 19.5 Å². The summed E-state index contributed by atoms with van der Waals surface area (Å²) in [5.41, 5.74) is 0. The molecule has 1 rings (SSSR count). The van der Waals surface area contributed by atoms with Crippen LogP contribution in [-0.2, 0) is 9.47 Å². The van der Waals surface area contributed by atoms with Crippen molar-refractivity contribution in [3.8, 4) is 0 Å². The molecule has 0 aromatic rings. The second-order valence-corrected chi connectivity index (χ2v) is 4.23. The first-order valence-corrected chi connectivity index (χ1v) is 5.47. The molecule has 1 heterocycles. The molecule has 2 heteroatoms. The average molecular weight is 186 g/mol. The lowest BCUT2D eigenvalue weighted by Gasteiger charge is -2.12. The molecular weight excluding hydrogens is 164 g/mol. The van der Waals surface area contributed by atoms with E-state index in [0.717, 1.165) is 32.0 Å². The molecule has 1 aliphatic heterocycles. The van der Waals surface area contributed by atoms with Crippen molar-refractivity contribution in [2.24, 2.45) is 11.8 Å². The van der Waals surface area contributed by atoms with Gasteiger partial charge in [-0.25, -0.2) is 0 Å². The van der Waals surface area contributed by atoms with Crippen LogP contribution in [0.15, 0.2) is 0 Å². The Kier molecular flexibility index (Phi) is 4.74. The molecule has 2 nitrogen and oxygen atoms in total. The van der Waals surface area contributed by atoms with Crippen LogP contribution in [0.1, 0.15) is 40.0 Å². The summed E-state index contributed by atoms with van der Waals surface area (Å²) in [5.74, 6) is 1.42. The molecule has 2 atom stereocenters. The van der Waals surface area contributed by atoms with Gasteiger partial charge in [0.25, 0.3) is 0 Å². The second kappa shape index (κ2) is 5.61. The van der Waals surface area contributed by atoms with Gasteiger partial charge in [-0.05, 0) is 18.3 Å². The predicted molar refractivity (Wildman–Crippen MR) is 53.5 cm³/mol. The minimum atomic E-state index is 0.0824. The highest BCUT2D eigenvalue weighted by molar-refractivity contribution is 4.70. The highest BCUT2D eigenvalue weighted by atomic mass is 16.7. The molecule has 0 saturated carbocycles.